The van der Waals surface area contributed by atoms with Gasteiger partial charge in [0, 0.05) is 17.2 Å². The quantitative estimate of drug-likeness (QED) is 0.525. The van der Waals surface area contributed by atoms with Crippen LogP contribution in [0.2, 0.25) is 5.02 Å². The normalized spacial score (nSPS) is 10.6. The SMILES string of the molecule is O=[N+]([O-])c1ccc(N/N=C\c2cccc(Cl)c2)cc1. The van der Waals surface area contributed by atoms with Crippen molar-refractivity contribution < 1.29 is 4.92 Å². The van der Waals surface area contributed by atoms with Crippen LogP contribution in [0.1, 0.15) is 5.56 Å². The van der Waals surface area contributed by atoms with E-state index in [1.807, 2.05) is 12.1 Å². The number of nitrogens with zero attached hydrogens (tertiary/aromatic N) is 2. The first-order valence-electron chi connectivity index (χ1n) is 5.44. The average molecular weight is 276 g/mol. The Bertz CT molecular complexity index is 612. The van der Waals surface area contributed by atoms with Crippen LogP contribution in [0, 0.1) is 10.1 Å². The van der Waals surface area contributed by atoms with E-state index < -0.39 is 4.92 Å². The van der Waals surface area contributed by atoms with E-state index in [2.05, 4.69) is 10.5 Å². The number of anilines is 1. The molecule has 0 unspecified atom stereocenters. The van der Waals surface area contributed by atoms with E-state index in [1.54, 1.807) is 30.5 Å². The summed E-state index contributed by atoms with van der Waals surface area (Å²) in [5.74, 6) is 0. The maximum atomic E-state index is 10.5. The van der Waals surface area contributed by atoms with Crippen molar-refractivity contribution in [1.82, 2.24) is 0 Å². The molecule has 0 heterocycles. The molecule has 0 bridgehead atoms. The molecule has 0 aliphatic rings. The molecule has 0 spiro atoms. The Labute approximate surface area is 114 Å². The van der Waals surface area contributed by atoms with E-state index in [9.17, 15) is 10.1 Å². The van der Waals surface area contributed by atoms with E-state index in [-0.39, 0.29) is 5.69 Å². The van der Waals surface area contributed by atoms with Crippen molar-refractivity contribution in [3.05, 3.63) is 69.2 Å². The molecule has 96 valence electrons. The first-order valence-corrected chi connectivity index (χ1v) is 5.82. The third-order valence-corrected chi connectivity index (χ3v) is 2.57. The average Bonchev–Trinajstić information content (AvgIpc) is 2.39. The fourth-order valence-electron chi connectivity index (χ4n) is 1.43. The van der Waals surface area contributed by atoms with Crippen molar-refractivity contribution in [1.29, 1.82) is 0 Å². The Morgan fingerprint density at radius 3 is 2.58 bits per heavy atom. The van der Waals surface area contributed by atoms with Crippen molar-refractivity contribution in [2.75, 3.05) is 5.43 Å². The van der Waals surface area contributed by atoms with Crippen LogP contribution in [0.3, 0.4) is 0 Å². The number of benzene rings is 2. The molecule has 5 nitrogen and oxygen atoms in total. The molecule has 0 radical (unpaired) electrons. The molecule has 1 N–H and O–H groups in total. The van der Waals surface area contributed by atoms with E-state index >= 15 is 0 Å². The van der Waals surface area contributed by atoms with Crippen LogP contribution in [-0.2, 0) is 0 Å². The number of halogens is 1. The second kappa shape index (κ2) is 5.97. The zero-order valence-electron chi connectivity index (χ0n) is 9.79. The van der Waals surface area contributed by atoms with Crippen LogP contribution in [0.25, 0.3) is 0 Å². The number of rotatable bonds is 4. The van der Waals surface area contributed by atoms with Crippen LogP contribution in [0.15, 0.2) is 53.6 Å². The Morgan fingerprint density at radius 2 is 1.95 bits per heavy atom. The minimum Gasteiger partial charge on any atom is -0.278 e. The molecule has 0 fully saturated rings. The topological polar surface area (TPSA) is 67.5 Å². The lowest BCUT2D eigenvalue weighted by molar-refractivity contribution is -0.384. The second-order valence-electron chi connectivity index (χ2n) is 3.73. The summed E-state index contributed by atoms with van der Waals surface area (Å²) in [7, 11) is 0. The largest absolute Gasteiger partial charge is 0.278 e. The standard InChI is InChI=1S/C13H10ClN3O2/c14-11-3-1-2-10(8-11)9-15-16-12-4-6-13(7-5-12)17(18)19/h1-9,16H/b15-9-. The van der Waals surface area contributed by atoms with Crippen molar-refractivity contribution in [3.8, 4) is 0 Å². The second-order valence-corrected chi connectivity index (χ2v) is 4.17. The van der Waals surface area contributed by atoms with Gasteiger partial charge in [0.05, 0.1) is 16.8 Å². The highest BCUT2D eigenvalue weighted by atomic mass is 35.5. The molecular formula is C13H10ClN3O2. The lowest BCUT2D eigenvalue weighted by Crippen LogP contribution is -1.92. The number of nitrogens with one attached hydrogen (secondary N) is 1. The Hall–Kier alpha value is -2.40. The molecule has 2 rings (SSSR count). The number of hydrogen-bond donors (Lipinski definition) is 1. The van der Waals surface area contributed by atoms with Gasteiger partial charge in [-0.25, -0.2) is 0 Å². The van der Waals surface area contributed by atoms with E-state index in [0.29, 0.717) is 10.7 Å². The first kappa shape index (κ1) is 13.0. The maximum absolute atomic E-state index is 10.5. The van der Waals surface area contributed by atoms with Gasteiger partial charge < -0.3 is 0 Å². The number of hydrogen-bond acceptors (Lipinski definition) is 4. The van der Waals surface area contributed by atoms with Gasteiger partial charge in [0.1, 0.15) is 0 Å². The van der Waals surface area contributed by atoms with Gasteiger partial charge in [-0.2, -0.15) is 5.10 Å². The lowest BCUT2D eigenvalue weighted by atomic mass is 10.2. The predicted molar refractivity (Wildman–Crippen MR) is 75.8 cm³/mol. The maximum Gasteiger partial charge on any atom is 0.269 e. The summed E-state index contributed by atoms with van der Waals surface area (Å²) in [6, 6.07) is 13.3. The highest BCUT2D eigenvalue weighted by Crippen LogP contribution is 2.15. The molecule has 0 saturated heterocycles. The van der Waals surface area contributed by atoms with Gasteiger partial charge in [0.25, 0.3) is 5.69 Å². The van der Waals surface area contributed by atoms with Crippen LogP contribution < -0.4 is 5.43 Å². The summed E-state index contributed by atoms with van der Waals surface area (Å²) in [5, 5.41) is 15.1. The highest BCUT2D eigenvalue weighted by Gasteiger charge is 2.02. The van der Waals surface area contributed by atoms with E-state index in [0.717, 1.165) is 5.56 Å². The smallest absolute Gasteiger partial charge is 0.269 e. The Morgan fingerprint density at radius 1 is 1.21 bits per heavy atom. The molecule has 0 amide bonds. The van der Waals surface area contributed by atoms with Gasteiger partial charge in [-0.1, -0.05) is 23.7 Å². The molecule has 6 heteroatoms. The summed E-state index contributed by atoms with van der Waals surface area (Å²) in [6.07, 6.45) is 1.62. The van der Waals surface area contributed by atoms with Gasteiger partial charge in [-0.15, -0.1) is 0 Å². The van der Waals surface area contributed by atoms with Crippen LogP contribution in [0.4, 0.5) is 11.4 Å². The van der Waals surface area contributed by atoms with Gasteiger partial charge in [0.15, 0.2) is 0 Å². The monoisotopic (exact) mass is 275 g/mol. The number of nitro groups is 1. The van der Waals surface area contributed by atoms with E-state index in [4.69, 9.17) is 11.6 Å². The third-order valence-electron chi connectivity index (χ3n) is 2.33. The van der Waals surface area contributed by atoms with Gasteiger partial charge in [0.2, 0.25) is 0 Å². The Balaban J connectivity index is 2.00. The van der Waals surface area contributed by atoms with Crippen molar-refractivity contribution in [2.45, 2.75) is 0 Å². The number of hydrazone groups is 1. The molecule has 0 aromatic heterocycles. The van der Waals surface area contributed by atoms with Gasteiger partial charge in [-0.05, 0) is 29.8 Å². The number of non-ortho nitro benzene ring substituents is 1. The van der Waals surface area contributed by atoms with Crippen molar-refractivity contribution in [3.63, 3.8) is 0 Å². The predicted octanol–water partition coefficient (Wildman–Crippen LogP) is 3.69. The third kappa shape index (κ3) is 3.79. The fraction of sp³-hybridized carbons (Fsp3) is 0. The molecule has 19 heavy (non-hydrogen) atoms. The first-order chi connectivity index (χ1) is 9.15. The summed E-state index contributed by atoms with van der Waals surface area (Å²) in [6.45, 7) is 0. The Kier molecular flexibility index (Phi) is 4.10. The van der Waals surface area contributed by atoms with Gasteiger partial charge >= 0.3 is 0 Å². The summed E-state index contributed by atoms with van der Waals surface area (Å²) in [5.41, 5.74) is 4.36. The zero-order chi connectivity index (χ0) is 13.7. The fourth-order valence-corrected chi connectivity index (χ4v) is 1.62. The minimum absolute atomic E-state index is 0.0457. The van der Waals surface area contributed by atoms with E-state index in [1.165, 1.54) is 12.1 Å². The molecule has 0 aliphatic carbocycles. The minimum atomic E-state index is -0.445. The van der Waals surface area contributed by atoms with Crippen LogP contribution >= 0.6 is 11.6 Å². The van der Waals surface area contributed by atoms with Crippen molar-refractivity contribution >= 4 is 29.2 Å². The molecule has 0 saturated carbocycles. The summed E-state index contributed by atoms with van der Waals surface area (Å²) < 4.78 is 0. The van der Waals surface area contributed by atoms with Gasteiger partial charge in [-0.3, -0.25) is 15.5 Å². The highest BCUT2D eigenvalue weighted by molar-refractivity contribution is 6.30. The molecule has 0 atom stereocenters. The van der Waals surface area contributed by atoms with Crippen molar-refractivity contribution in [2.24, 2.45) is 5.10 Å². The number of nitro benzene ring substituents is 1. The molecular weight excluding hydrogens is 266 g/mol. The van der Waals surface area contributed by atoms with Crippen LogP contribution in [-0.4, -0.2) is 11.1 Å². The molecule has 2 aromatic rings. The zero-order valence-corrected chi connectivity index (χ0v) is 10.5. The molecule has 0 aliphatic heterocycles. The van der Waals surface area contributed by atoms with Crippen LogP contribution in [0.5, 0.6) is 0 Å². The summed E-state index contributed by atoms with van der Waals surface area (Å²) >= 11 is 5.84. The summed E-state index contributed by atoms with van der Waals surface area (Å²) in [4.78, 5) is 10.0. The molecule has 2 aromatic carbocycles. The lowest BCUT2D eigenvalue weighted by Gasteiger charge is -1.99.